The van der Waals surface area contributed by atoms with Crippen LogP contribution in [0.25, 0.3) is 0 Å². The zero-order valence-corrected chi connectivity index (χ0v) is 14.4. The Morgan fingerprint density at radius 2 is 1.96 bits per heavy atom. The molecule has 0 spiro atoms. The van der Waals surface area contributed by atoms with Gasteiger partial charge in [0.2, 0.25) is 0 Å². The Morgan fingerprint density at radius 3 is 2.57 bits per heavy atom. The SMILES string of the molecule is CC(C)SCc1cc(=O)[nH]c(SCc2ccc([N+](=O)[O-])cc2)n1. The molecule has 0 aliphatic heterocycles. The fourth-order valence-electron chi connectivity index (χ4n) is 1.74. The largest absolute Gasteiger partial charge is 0.301 e. The van der Waals surface area contributed by atoms with Crippen LogP contribution < -0.4 is 5.56 Å². The third-order valence-corrected chi connectivity index (χ3v) is 4.93. The summed E-state index contributed by atoms with van der Waals surface area (Å²) in [7, 11) is 0. The molecule has 0 saturated heterocycles. The van der Waals surface area contributed by atoms with Crippen molar-refractivity contribution >= 4 is 29.2 Å². The van der Waals surface area contributed by atoms with Crippen LogP contribution in [-0.4, -0.2) is 20.1 Å². The fourth-order valence-corrected chi connectivity index (χ4v) is 3.25. The van der Waals surface area contributed by atoms with Gasteiger partial charge < -0.3 is 4.98 Å². The first kappa shape index (κ1) is 17.6. The molecule has 0 bridgehead atoms. The highest BCUT2D eigenvalue weighted by atomic mass is 32.2. The monoisotopic (exact) mass is 351 g/mol. The van der Waals surface area contributed by atoms with Crippen LogP contribution in [0, 0.1) is 10.1 Å². The number of aromatic amines is 1. The molecule has 0 aliphatic rings. The lowest BCUT2D eigenvalue weighted by molar-refractivity contribution is -0.384. The summed E-state index contributed by atoms with van der Waals surface area (Å²) in [5.74, 6) is 1.29. The molecule has 0 aliphatic carbocycles. The molecule has 0 unspecified atom stereocenters. The minimum atomic E-state index is -0.425. The Kier molecular flexibility index (Phi) is 6.23. The smallest absolute Gasteiger partial charge is 0.269 e. The minimum Gasteiger partial charge on any atom is -0.301 e. The Balaban J connectivity index is 2.02. The van der Waals surface area contributed by atoms with Crippen LogP contribution in [0.2, 0.25) is 0 Å². The maximum Gasteiger partial charge on any atom is 0.269 e. The van der Waals surface area contributed by atoms with Gasteiger partial charge in [0, 0.05) is 29.7 Å². The molecular weight excluding hydrogens is 334 g/mol. The van der Waals surface area contributed by atoms with Crippen LogP contribution in [-0.2, 0) is 11.5 Å². The third kappa shape index (κ3) is 5.72. The number of rotatable bonds is 7. The van der Waals surface area contributed by atoms with E-state index in [0.29, 0.717) is 21.9 Å². The highest BCUT2D eigenvalue weighted by molar-refractivity contribution is 7.99. The maximum absolute atomic E-state index is 11.7. The number of thioether (sulfide) groups is 2. The number of benzene rings is 1. The van der Waals surface area contributed by atoms with Gasteiger partial charge in [-0.1, -0.05) is 37.7 Å². The summed E-state index contributed by atoms with van der Waals surface area (Å²) in [6, 6.07) is 7.89. The van der Waals surface area contributed by atoms with E-state index in [2.05, 4.69) is 23.8 Å². The normalized spacial score (nSPS) is 10.9. The minimum absolute atomic E-state index is 0.0676. The summed E-state index contributed by atoms with van der Waals surface area (Å²) in [5.41, 5.74) is 1.60. The highest BCUT2D eigenvalue weighted by Crippen LogP contribution is 2.22. The summed E-state index contributed by atoms with van der Waals surface area (Å²) in [5, 5.41) is 11.7. The summed E-state index contributed by atoms with van der Waals surface area (Å²) in [6.45, 7) is 4.20. The van der Waals surface area contributed by atoms with Gasteiger partial charge in [-0.15, -0.1) is 0 Å². The van der Waals surface area contributed by atoms with E-state index in [4.69, 9.17) is 0 Å². The zero-order valence-electron chi connectivity index (χ0n) is 12.8. The first-order chi connectivity index (χ1) is 10.9. The first-order valence-corrected chi connectivity index (χ1v) is 9.05. The molecule has 1 aromatic carbocycles. The second-order valence-electron chi connectivity index (χ2n) is 5.11. The van der Waals surface area contributed by atoms with Gasteiger partial charge in [-0.25, -0.2) is 4.98 Å². The lowest BCUT2D eigenvalue weighted by Gasteiger charge is -2.06. The van der Waals surface area contributed by atoms with Gasteiger partial charge in [0.15, 0.2) is 5.16 Å². The second-order valence-corrected chi connectivity index (χ2v) is 7.64. The van der Waals surface area contributed by atoms with E-state index >= 15 is 0 Å². The van der Waals surface area contributed by atoms with Crippen molar-refractivity contribution in [3.8, 4) is 0 Å². The number of nitro groups is 1. The Hall–Kier alpha value is -1.80. The predicted molar refractivity (Wildman–Crippen MR) is 93.9 cm³/mol. The standard InChI is InChI=1S/C15H17N3O3S2/c1-10(2)22-9-12-7-14(19)17-15(16-12)23-8-11-3-5-13(6-4-11)18(20)21/h3-7,10H,8-9H2,1-2H3,(H,16,17,19). The molecule has 2 rings (SSSR count). The molecule has 0 fully saturated rings. The van der Waals surface area contributed by atoms with E-state index in [0.717, 1.165) is 11.3 Å². The predicted octanol–water partition coefficient (Wildman–Crippen LogP) is 3.61. The van der Waals surface area contributed by atoms with Crippen LogP contribution in [0.1, 0.15) is 25.1 Å². The van der Waals surface area contributed by atoms with Gasteiger partial charge >= 0.3 is 0 Å². The average Bonchev–Trinajstić information content (AvgIpc) is 2.51. The maximum atomic E-state index is 11.7. The van der Waals surface area contributed by atoms with Crippen molar-refractivity contribution in [1.29, 1.82) is 0 Å². The van der Waals surface area contributed by atoms with Crippen LogP contribution in [0.15, 0.2) is 40.3 Å². The van der Waals surface area contributed by atoms with Crippen molar-refractivity contribution in [2.24, 2.45) is 0 Å². The number of nitro benzene ring substituents is 1. The number of aromatic nitrogens is 2. The van der Waals surface area contributed by atoms with Gasteiger partial charge in [0.05, 0.1) is 10.6 Å². The van der Waals surface area contributed by atoms with Crippen LogP contribution in [0.5, 0.6) is 0 Å². The highest BCUT2D eigenvalue weighted by Gasteiger charge is 2.07. The number of nitrogens with one attached hydrogen (secondary N) is 1. The van der Waals surface area contributed by atoms with Crippen molar-refractivity contribution in [2.75, 3.05) is 0 Å². The second kappa shape index (κ2) is 8.16. The van der Waals surface area contributed by atoms with Crippen molar-refractivity contribution in [3.05, 3.63) is 62.1 Å². The Labute approximate surface area is 142 Å². The van der Waals surface area contributed by atoms with Crippen LogP contribution >= 0.6 is 23.5 Å². The molecule has 1 N–H and O–H groups in total. The number of hydrogen-bond donors (Lipinski definition) is 1. The molecule has 1 aromatic heterocycles. The summed E-state index contributed by atoms with van der Waals surface area (Å²) >= 11 is 3.14. The van der Waals surface area contributed by atoms with Gasteiger partial charge in [0.1, 0.15) is 0 Å². The Bertz CT molecular complexity index is 729. The van der Waals surface area contributed by atoms with Crippen molar-refractivity contribution in [3.63, 3.8) is 0 Å². The Morgan fingerprint density at radius 1 is 1.26 bits per heavy atom. The van der Waals surface area contributed by atoms with Crippen LogP contribution in [0.4, 0.5) is 5.69 Å². The van der Waals surface area contributed by atoms with Crippen molar-refractivity contribution in [2.45, 2.75) is 35.8 Å². The lowest BCUT2D eigenvalue weighted by atomic mass is 10.2. The van der Waals surface area contributed by atoms with Gasteiger partial charge in [-0.2, -0.15) is 11.8 Å². The molecular formula is C15H17N3O3S2. The molecule has 1 heterocycles. The van der Waals surface area contributed by atoms with Crippen molar-refractivity contribution < 1.29 is 4.92 Å². The molecule has 8 heteroatoms. The van der Waals surface area contributed by atoms with Gasteiger partial charge in [-0.3, -0.25) is 14.9 Å². The molecule has 0 radical (unpaired) electrons. The first-order valence-electron chi connectivity index (χ1n) is 7.02. The van der Waals surface area contributed by atoms with E-state index in [1.54, 1.807) is 23.9 Å². The van der Waals surface area contributed by atoms with E-state index in [1.165, 1.54) is 30.0 Å². The number of H-pyrrole nitrogens is 1. The molecule has 2 aromatic rings. The molecule has 6 nitrogen and oxygen atoms in total. The zero-order chi connectivity index (χ0) is 16.8. The lowest BCUT2D eigenvalue weighted by Crippen LogP contribution is -2.10. The van der Waals surface area contributed by atoms with Crippen molar-refractivity contribution in [1.82, 2.24) is 9.97 Å². The molecule has 122 valence electrons. The summed E-state index contributed by atoms with van der Waals surface area (Å²) in [4.78, 5) is 29.1. The van der Waals surface area contributed by atoms with E-state index in [-0.39, 0.29) is 11.2 Å². The number of nitrogens with zero attached hydrogens (tertiary/aromatic N) is 2. The summed E-state index contributed by atoms with van der Waals surface area (Å²) < 4.78 is 0. The molecule has 0 saturated carbocycles. The van der Waals surface area contributed by atoms with E-state index in [1.807, 2.05) is 0 Å². The third-order valence-electron chi connectivity index (χ3n) is 2.86. The quantitative estimate of drug-likeness (QED) is 0.355. The summed E-state index contributed by atoms with van der Waals surface area (Å²) in [6.07, 6.45) is 0. The van der Waals surface area contributed by atoms with Crippen LogP contribution in [0.3, 0.4) is 0 Å². The van der Waals surface area contributed by atoms with Gasteiger partial charge in [-0.05, 0) is 10.8 Å². The fraction of sp³-hybridized carbons (Fsp3) is 0.333. The molecule has 0 amide bonds. The number of hydrogen-bond acceptors (Lipinski definition) is 6. The number of non-ortho nitro benzene ring substituents is 1. The van der Waals surface area contributed by atoms with E-state index < -0.39 is 4.92 Å². The molecule has 0 atom stereocenters. The van der Waals surface area contributed by atoms with E-state index in [9.17, 15) is 14.9 Å². The topological polar surface area (TPSA) is 88.9 Å². The average molecular weight is 351 g/mol. The molecule has 23 heavy (non-hydrogen) atoms. The van der Waals surface area contributed by atoms with Gasteiger partial charge in [0.25, 0.3) is 11.2 Å².